The maximum Gasteiger partial charge on any atom is 0.335 e. The van der Waals surface area contributed by atoms with Crippen molar-refractivity contribution >= 4 is 11.5 Å². The van der Waals surface area contributed by atoms with Gasteiger partial charge in [-0.25, -0.2) is 4.79 Å². The van der Waals surface area contributed by atoms with E-state index in [0.717, 1.165) is 11.1 Å². The molecule has 1 N–H and O–H groups in total. The second kappa shape index (κ2) is 5.57. The first-order valence-electron chi connectivity index (χ1n) is 9.42. The third-order valence-electron chi connectivity index (χ3n) is 6.55. The summed E-state index contributed by atoms with van der Waals surface area (Å²) >= 11 is 0. The number of aryl methyl sites for hydroxylation is 1. The second-order valence-corrected chi connectivity index (χ2v) is 8.74. The van der Waals surface area contributed by atoms with Gasteiger partial charge in [-0.05, 0) is 89.0 Å². The molecule has 0 aliphatic heterocycles. The first-order valence-corrected chi connectivity index (χ1v) is 9.42. The van der Waals surface area contributed by atoms with Gasteiger partial charge >= 0.3 is 5.97 Å². The molecule has 2 aromatic carbocycles. The second-order valence-electron chi connectivity index (χ2n) is 8.74. The third-order valence-corrected chi connectivity index (χ3v) is 6.55. The summed E-state index contributed by atoms with van der Waals surface area (Å²) in [7, 11) is 0. The highest BCUT2D eigenvalue weighted by molar-refractivity contribution is 5.89. The monoisotopic (exact) mass is 346 g/mol. The molecule has 0 heterocycles. The maximum atomic E-state index is 11.1. The number of fused-ring (bicyclic) bond motifs is 2. The molecule has 26 heavy (non-hydrogen) atoms. The molecule has 0 atom stereocenters. The highest BCUT2D eigenvalue weighted by Crippen LogP contribution is 2.59. The Balaban J connectivity index is 1.78. The topological polar surface area (TPSA) is 37.3 Å². The van der Waals surface area contributed by atoms with E-state index in [2.05, 4.69) is 39.5 Å². The SMILES string of the molecule is C=C(c1ccc(C(=O)O)cc1)c1cc2c(cc1C)C(C)(C)CCC21CC1. The quantitative estimate of drug-likeness (QED) is 0.756. The van der Waals surface area contributed by atoms with Gasteiger partial charge in [0.1, 0.15) is 0 Å². The normalized spacial score (nSPS) is 19.0. The number of aromatic carboxylic acids is 1. The molecule has 2 aromatic rings. The van der Waals surface area contributed by atoms with Crippen LogP contribution in [0.3, 0.4) is 0 Å². The number of carboxylic acids is 1. The molecule has 2 aliphatic carbocycles. The Morgan fingerprint density at radius 3 is 2.12 bits per heavy atom. The van der Waals surface area contributed by atoms with Crippen LogP contribution in [0.5, 0.6) is 0 Å². The molecule has 0 amide bonds. The summed E-state index contributed by atoms with van der Waals surface area (Å²) in [4.78, 5) is 11.1. The molecular formula is C24H26O2. The van der Waals surface area contributed by atoms with E-state index in [1.54, 1.807) is 12.1 Å². The molecule has 0 aromatic heterocycles. The van der Waals surface area contributed by atoms with Crippen LogP contribution < -0.4 is 0 Å². The van der Waals surface area contributed by atoms with E-state index >= 15 is 0 Å². The average Bonchev–Trinajstić information content (AvgIpc) is 3.39. The summed E-state index contributed by atoms with van der Waals surface area (Å²) in [6.45, 7) is 11.2. The predicted molar refractivity (Wildman–Crippen MR) is 106 cm³/mol. The lowest BCUT2D eigenvalue weighted by Crippen LogP contribution is -2.30. The summed E-state index contributed by atoms with van der Waals surface area (Å²) in [6.07, 6.45) is 5.16. The van der Waals surface area contributed by atoms with Gasteiger partial charge in [-0.3, -0.25) is 0 Å². The summed E-state index contributed by atoms with van der Waals surface area (Å²) in [5.74, 6) is -0.898. The Morgan fingerprint density at radius 1 is 0.962 bits per heavy atom. The van der Waals surface area contributed by atoms with Crippen molar-refractivity contribution in [3.8, 4) is 0 Å². The van der Waals surface area contributed by atoms with Gasteiger partial charge in [-0.2, -0.15) is 0 Å². The number of carboxylic acid groups (broad SMARTS) is 1. The summed E-state index contributed by atoms with van der Waals surface area (Å²) in [5.41, 5.74) is 8.38. The Morgan fingerprint density at radius 2 is 1.54 bits per heavy atom. The lowest BCUT2D eigenvalue weighted by atomic mass is 9.66. The van der Waals surface area contributed by atoms with E-state index in [4.69, 9.17) is 5.11 Å². The number of carbonyl (C=O) groups is 1. The van der Waals surface area contributed by atoms with Crippen molar-refractivity contribution in [2.24, 2.45) is 0 Å². The predicted octanol–water partition coefficient (Wildman–Crippen LogP) is 5.86. The van der Waals surface area contributed by atoms with Crippen LogP contribution in [0.25, 0.3) is 5.57 Å². The molecule has 0 bridgehead atoms. The van der Waals surface area contributed by atoms with E-state index in [-0.39, 0.29) is 5.41 Å². The zero-order chi connectivity index (χ0) is 18.7. The van der Waals surface area contributed by atoms with Crippen molar-refractivity contribution in [2.45, 2.75) is 57.3 Å². The van der Waals surface area contributed by atoms with Gasteiger partial charge < -0.3 is 5.11 Å². The molecule has 1 saturated carbocycles. The molecule has 1 spiro atoms. The van der Waals surface area contributed by atoms with E-state index in [1.807, 2.05) is 12.1 Å². The largest absolute Gasteiger partial charge is 0.478 e. The molecule has 4 rings (SSSR count). The van der Waals surface area contributed by atoms with E-state index in [9.17, 15) is 4.79 Å². The number of hydrogen-bond acceptors (Lipinski definition) is 1. The first-order chi connectivity index (χ1) is 12.2. The van der Waals surface area contributed by atoms with Crippen LogP contribution in [0.1, 0.15) is 77.7 Å². The third kappa shape index (κ3) is 2.59. The molecule has 0 radical (unpaired) electrons. The minimum atomic E-state index is -0.898. The van der Waals surface area contributed by atoms with Crippen LogP contribution in [0, 0.1) is 6.92 Å². The van der Waals surface area contributed by atoms with Gasteiger partial charge in [0.15, 0.2) is 0 Å². The lowest BCUT2D eigenvalue weighted by molar-refractivity contribution is 0.0697. The van der Waals surface area contributed by atoms with Crippen LogP contribution in [0.4, 0.5) is 0 Å². The number of benzene rings is 2. The van der Waals surface area contributed by atoms with Gasteiger partial charge in [0.25, 0.3) is 0 Å². The molecular weight excluding hydrogens is 320 g/mol. The Hall–Kier alpha value is -2.35. The lowest BCUT2D eigenvalue weighted by Gasteiger charge is -2.38. The van der Waals surface area contributed by atoms with Crippen molar-refractivity contribution in [1.82, 2.24) is 0 Å². The number of rotatable bonds is 3. The summed E-state index contributed by atoms with van der Waals surface area (Å²) < 4.78 is 0. The molecule has 2 heteroatoms. The first kappa shape index (κ1) is 17.1. The zero-order valence-corrected chi connectivity index (χ0v) is 15.9. The van der Waals surface area contributed by atoms with Gasteiger partial charge in [0.05, 0.1) is 5.56 Å². The van der Waals surface area contributed by atoms with Gasteiger partial charge in [-0.1, -0.05) is 44.7 Å². The van der Waals surface area contributed by atoms with E-state index < -0.39 is 5.97 Å². The molecule has 2 nitrogen and oxygen atoms in total. The van der Waals surface area contributed by atoms with Crippen molar-refractivity contribution in [3.63, 3.8) is 0 Å². The summed E-state index contributed by atoms with van der Waals surface area (Å²) in [6, 6.07) is 11.8. The van der Waals surface area contributed by atoms with Crippen molar-refractivity contribution in [1.29, 1.82) is 0 Å². The molecule has 2 aliphatic rings. The smallest absolute Gasteiger partial charge is 0.335 e. The highest BCUT2D eigenvalue weighted by atomic mass is 16.4. The fraction of sp³-hybridized carbons (Fsp3) is 0.375. The van der Waals surface area contributed by atoms with Gasteiger partial charge in [0.2, 0.25) is 0 Å². The van der Waals surface area contributed by atoms with Crippen molar-refractivity contribution in [2.75, 3.05) is 0 Å². The highest BCUT2D eigenvalue weighted by Gasteiger charge is 2.50. The minimum Gasteiger partial charge on any atom is -0.478 e. The Kier molecular flexibility index (Phi) is 3.66. The molecule has 0 unspecified atom stereocenters. The van der Waals surface area contributed by atoms with Crippen molar-refractivity contribution in [3.05, 3.63) is 76.4 Å². The Labute approximate surface area is 155 Å². The van der Waals surface area contributed by atoms with Crippen molar-refractivity contribution < 1.29 is 9.90 Å². The van der Waals surface area contributed by atoms with Gasteiger partial charge in [0, 0.05) is 0 Å². The maximum absolute atomic E-state index is 11.1. The van der Waals surface area contributed by atoms with Crippen LogP contribution in [-0.4, -0.2) is 11.1 Å². The van der Waals surface area contributed by atoms with E-state index in [0.29, 0.717) is 11.0 Å². The molecule has 0 saturated heterocycles. The minimum absolute atomic E-state index is 0.233. The van der Waals surface area contributed by atoms with Crippen LogP contribution in [-0.2, 0) is 10.8 Å². The van der Waals surface area contributed by atoms with E-state index in [1.165, 1.54) is 47.9 Å². The Bertz CT molecular complexity index is 912. The fourth-order valence-electron chi connectivity index (χ4n) is 4.49. The summed E-state index contributed by atoms with van der Waals surface area (Å²) in [5, 5.41) is 9.10. The van der Waals surface area contributed by atoms with Crippen LogP contribution >= 0.6 is 0 Å². The fourth-order valence-corrected chi connectivity index (χ4v) is 4.49. The van der Waals surface area contributed by atoms with Gasteiger partial charge in [-0.15, -0.1) is 0 Å². The van der Waals surface area contributed by atoms with Crippen LogP contribution in [0.2, 0.25) is 0 Å². The number of hydrogen-bond donors (Lipinski definition) is 1. The molecule has 1 fully saturated rings. The zero-order valence-electron chi connectivity index (χ0n) is 15.9. The molecule has 134 valence electrons. The average molecular weight is 346 g/mol. The standard InChI is InChI=1S/C24H26O2/c1-15-13-20-21(24(11-12-24)10-9-23(20,3)4)14-19(15)16(2)17-5-7-18(8-6-17)22(25)26/h5-8,13-14H,2,9-12H2,1,3-4H3,(H,25,26). The van der Waals surface area contributed by atoms with Crippen LogP contribution in [0.15, 0.2) is 43.0 Å².